The molecule has 22 heavy (non-hydrogen) atoms. The Morgan fingerprint density at radius 2 is 1.91 bits per heavy atom. The number of nitrogens with zero attached hydrogens (tertiary/aromatic N) is 2. The van der Waals surface area contributed by atoms with Crippen molar-refractivity contribution in [1.29, 1.82) is 0 Å². The van der Waals surface area contributed by atoms with E-state index in [2.05, 4.69) is 10.3 Å². The maximum absolute atomic E-state index is 12.2. The second kappa shape index (κ2) is 6.20. The molecule has 0 aliphatic heterocycles. The van der Waals surface area contributed by atoms with Crippen LogP contribution in [0.4, 0.5) is 5.95 Å². The normalized spacial score (nSPS) is 10.8. The molecule has 112 valence electrons. The molecule has 1 aromatic heterocycles. The lowest BCUT2D eigenvalue weighted by molar-refractivity contribution is -0.115. The Bertz CT molecular complexity index is 808. The largest absolute Gasteiger partial charge is 0.310 e. The van der Waals surface area contributed by atoms with Crippen molar-refractivity contribution >= 4 is 34.5 Å². The van der Waals surface area contributed by atoms with Crippen LogP contribution in [-0.4, -0.2) is 15.5 Å². The highest BCUT2D eigenvalue weighted by Crippen LogP contribution is 2.19. The predicted octanol–water partition coefficient (Wildman–Crippen LogP) is 3.89. The number of carbonyl (C=O) groups excluding carboxylic acids is 1. The quantitative estimate of drug-likeness (QED) is 0.794. The molecule has 4 nitrogen and oxygen atoms in total. The number of imidazole rings is 1. The predicted molar refractivity (Wildman–Crippen MR) is 89.2 cm³/mol. The van der Waals surface area contributed by atoms with Gasteiger partial charge in [0.2, 0.25) is 11.9 Å². The molecule has 2 aromatic carbocycles. The first-order valence-corrected chi connectivity index (χ1v) is 7.54. The zero-order valence-electron chi connectivity index (χ0n) is 12.2. The number of aryl methyl sites for hydroxylation is 1. The first kappa shape index (κ1) is 14.6. The topological polar surface area (TPSA) is 46.9 Å². The van der Waals surface area contributed by atoms with Gasteiger partial charge in [-0.2, -0.15) is 0 Å². The Labute approximate surface area is 133 Å². The third kappa shape index (κ3) is 2.97. The standard InChI is InChI=1S/C17H16ClN3O/c1-2-21-15-6-4-3-5-14(15)19-17(21)20-16(22)11-12-7-9-13(18)10-8-12/h3-10H,2,11H2,1H3,(H,19,20,22). The van der Waals surface area contributed by atoms with Crippen LogP contribution >= 0.6 is 11.6 Å². The minimum absolute atomic E-state index is 0.0904. The molecule has 1 heterocycles. The first-order chi connectivity index (χ1) is 10.7. The van der Waals surface area contributed by atoms with Crippen LogP contribution in [0.1, 0.15) is 12.5 Å². The molecule has 0 fully saturated rings. The van der Waals surface area contributed by atoms with E-state index in [0.717, 1.165) is 23.1 Å². The van der Waals surface area contributed by atoms with Gasteiger partial charge in [-0.1, -0.05) is 35.9 Å². The van der Waals surface area contributed by atoms with Gasteiger partial charge in [-0.25, -0.2) is 4.98 Å². The van der Waals surface area contributed by atoms with Crippen molar-refractivity contribution in [2.24, 2.45) is 0 Å². The van der Waals surface area contributed by atoms with Crippen LogP contribution in [0.5, 0.6) is 0 Å². The van der Waals surface area contributed by atoms with Gasteiger partial charge in [-0.3, -0.25) is 10.1 Å². The Kier molecular flexibility index (Phi) is 4.11. The highest BCUT2D eigenvalue weighted by molar-refractivity contribution is 6.30. The van der Waals surface area contributed by atoms with Crippen LogP contribution in [0.15, 0.2) is 48.5 Å². The summed E-state index contributed by atoms with van der Waals surface area (Å²) in [7, 11) is 0. The lowest BCUT2D eigenvalue weighted by Crippen LogP contribution is -2.17. The molecule has 0 aliphatic rings. The summed E-state index contributed by atoms with van der Waals surface area (Å²) in [5.41, 5.74) is 2.82. The van der Waals surface area contributed by atoms with E-state index >= 15 is 0 Å². The summed E-state index contributed by atoms with van der Waals surface area (Å²) < 4.78 is 2.00. The average molecular weight is 314 g/mol. The molecule has 0 radical (unpaired) electrons. The number of aromatic nitrogens is 2. The van der Waals surface area contributed by atoms with Gasteiger partial charge in [0.15, 0.2) is 0 Å². The Morgan fingerprint density at radius 3 is 2.64 bits per heavy atom. The molecule has 0 aliphatic carbocycles. The molecule has 5 heteroatoms. The summed E-state index contributed by atoms with van der Waals surface area (Å²) in [6.07, 6.45) is 0.296. The molecule has 3 rings (SSSR count). The maximum Gasteiger partial charge on any atom is 0.231 e. The number of anilines is 1. The molecular formula is C17H16ClN3O. The van der Waals surface area contributed by atoms with E-state index in [4.69, 9.17) is 11.6 Å². The molecular weight excluding hydrogens is 298 g/mol. The second-order valence-corrected chi connectivity index (χ2v) is 5.46. The maximum atomic E-state index is 12.2. The van der Waals surface area contributed by atoms with Crippen molar-refractivity contribution in [2.45, 2.75) is 19.9 Å². The summed E-state index contributed by atoms with van der Waals surface area (Å²) >= 11 is 5.85. The van der Waals surface area contributed by atoms with E-state index in [9.17, 15) is 4.79 Å². The van der Waals surface area contributed by atoms with Crippen LogP contribution in [0, 0.1) is 0 Å². The van der Waals surface area contributed by atoms with Crippen LogP contribution in [0.25, 0.3) is 11.0 Å². The minimum Gasteiger partial charge on any atom is -0.310 e. The molecule has 1 N–H and O–H groups in total. The lowest BCUT2D eigenvalue weighted by atomic mass is 10.1. The highest BCUT2D eigenvalue weighted by Gasteiger charge is 2.12. The minimum atomic E-state index is -0.0904. The van der Waals surface area contributed by atoms with Crippen LogP contribution in [-0.2, 0) is 17.8 Å². The fourth-order valence-electron chi connectivity index (χ4n) is 2.45. The van der Waals surface area contributed by atoms with E-state index in [1.165, 1.54) is 0 Å². The number of carbonyl (C=O) groups is 1. The number of halogens is 1. The van der Waals surface area contributed by atoms with Gasteiger partial charge < -0.3 is 4.57 Å². The average Bonchev–Trinajstić information content (AvgIpc) is 2.86. The van der Waals surface area contributed by atoms with Crippen molar-refractivity contribution in [3.63, 3.8) is 0 Å². The summed E-state index contributed by atoms with van der Waals surface area (Å²) in [5.74, 6) is 0.495. The number of hydrogen-bond acceptors (Lipinski definition) is 2. The zero-order chi connectivity index (χ0) is 15.5. The summed E-state index contributed by atoms with van der Waals surface area (Å²) in [4.78, 5) is 16.7. The van der Waals surface area contributed by atoms with Crippen molar-refractivity contribution < 1.29 is 4.79 Å². The molecule has 0 unspecified atom stereocenters. The third-order valence-electron chi connectivity index (χ3n) is 3.50. The van der Waals surface area contributed by atoms with Gasteiger partial charge in [-0.05, 0) is 36.8 Å². The molecule has 1 amide bonds. The van der Waals surface area contributed by atoms with Gasteiger partial charge in [0, 0.05) is 11.6 Å². The van der Waals surface area contributed by atoms with Gasteiger partial charge in [0.25, 0.3) is 0 Å². The molecule has 0 bridgehead atoms. The van der Waals surface area contributed by atoms with E-state index in [0.29, 0.717) is 17.4 Å². The number of benzene rings is 2. The summed E-state index contributed by atoms with van der Waals surface area (Å²) in [6, 6.07) is 15.1. The Balaban J connectivity index is 1.80. The molecule has 0 atom stereocenters. The Morgan fingerprint density at radius 1 is 1.18 bits per heavy atom. The summed E-state index contributed by atoms with van der Waals surface area (Å²) in [6.45, 7) is 2.78. The number of hydrogen-bond donors (Lipinski definition) is 1. The molecule has 0 spiro atoms. The van der Waals surface area contributed by atoms with E-state index < -0.39 is 0 Å². The Hall–Kier alpha value is -2.33. The smallest absolute Gasteiger partial charge is 0.231 e. The van der Waals surface area contributed by atoms with E-state index in [1.54, 1.807) is 12.1 Å². The monoisotopic (exact) mass is 313 g/mol. The number of nitrogens with one attached hydrogen (secondary N) is 1. The number of fused-ring (bicyclic) bond motifs is 1. The van der Waals surface area contributed by atoms with Crippen molar-refractivity contribution in [1.82, 2.24) is 9.55 Å². The van der Waals surface area contributed by atoms with Crippen molar-refractivity contribution in [2.75, 3.05) is 5.32 Å². The lowest BCUT2D eigenvalue weighted by Gasteiger charge is -2.07. The SMILES string of the molecule is CCn1c(NC(=O)Cc2ccc(Cl)cc2)nc2ccccc21. The number of amides is 1. The zero-order valence-corrected chi connectivity index (χ0v) is 13.0. The fourth-order valence-corrected chi connectivity index (χ4v) is 2.57. The van der Waals surface area contributed by atoms with Gasteiger partial charge in [0.05, 0.1) is 17.5 Å². The summed E-state index contributed by atoms with van der Waals surface area (Å²) in [5, 5.41) is 3.56. The highest BCUT2D eigenvalue weighted by atomic mass is 35.5. The van der Waals surface area contributed by atoms with E-state index in [-0.39, 0.29) is 5.91 Å². The number of para-hydroxylation sites is 2. The van der Waals surface area contributed by atoms with Crippen LogP contribution < -0.4 is 5.32 Å². The van der Waals surface area contributed by atoms with E-state index in [1.807, 2.05) is 47.9 Å². The number of rotatable bonds is 4. The fraction of sp³-hybridized carbons (Fsp3) is 0.176. The van der Waals surface area contributed by atoms with Gasteiger partial charge in [-0.15, -0.1) is 0 Å². The van der Waals surface area contributed by atoms with Gasteiger partial charge >= 0.3 is 0 Å². The van der Waals surface area contributed by atoms with Crippen molar-refractivity contribution in [3.8, 4) is 0 Å². The van der Waals surface area contributed by atoms with Crippen LogP contribution in [0.3, 0.4) is 0 Å². The first-order valence-electron chi connectivity index (χ1n) is 7.17. The molecule has 0 saturated carbocycles. The molecule has 3 aromatic rings. The van der Waals surface area contributed by atoms with Crippen LogP contribution in [0.2, 0.25) is 5.02 Å². The second-order valence-electron chi connectivity index (χ2n) is 5.02. The third-order valence-corrected chi connectivity index (χ3v) is 3.75. The van der Waals surface area contributed by atoms with Crippen molar-refractivity contribution in [3.05, 3.63) is 59.1 Å². The molecule has 0 saturated heterocycles. The van der Waals surface area contributed by atoms with Gasteiger partial charge in [0.1, 0.15) is 0 Å².